The molecule has 5 aromatic rings. The molecule has 0 aliphatic carbocycles. The lowest BCUT2D eigenvalue weighted by Crippen LogP contribution is -2.08. The maximum absolute atomic E-state index is 5.05. The van der Waals surface area contributed by atoms with Crippen molar-refractivity contribution >= 4 is 27.9 Å². The van der Waals surface area contributed by atoms with Gasteiger partial charge in [-0.15, -0.1) is 5.10 Å². The van der Waals surface area contributed by atoms with Gasteiger partial charge < -0.3 is 10.1 Å². The third-order valence-electron chi connectivity index (χ3n) is 5.03. The average molecular weight is 411 g/mol. The number of hydrogen-bond acceptors (Lipinski definition) is 7. The van der Waals surface area contributed by atoms with Crippen molar-refractivity contribution in [1.82, 2.24) is 29.9 Å². The highest BCUT2D eigenvalue weighted by Crippen LogP contribution is 2.21. The summed E-state index contributed by atoms with van der Waals surface area (Å²) in [6, 6.07) is 18.0. The fraction of sp³-hybridized carbons (Fsp3) is 0.174. The Morgan fingerprint density at radius 1 is 1.00 bits per heavy atom. The van der Waals surface area contributed by atoms with Gasteiger partial charge in [0, 0.05) is 37.0 Å². The number of rotatable bonds is 7. The molecule has 8 nitrogen and oxygen atoms in total. The average Bonchev–Trinajstić information content (AvgIpc) is 3.21. The van der Waals surface area contributed by atoms with Crippen LogP contribution in [0.2, 0.25) is 0 Å². The van der Waals surface area contributed by atoms with Gasteiger partial charge in [-0.05, 0) is 42.0 Å². The highest BCUT2D eigenvalue weighted by molar-refractivity contribution is 5.79. The lowest BCUT2D eigenvalue weighted by molar-refractivity contribution is 0.210. The van der Waals surface area contributed by atoms with Crippen molar-refractivity contribution in [2.45, 2.75) is 6.54 Å². The van der Waals surface area contributed by atoms with E-state index in [2.05, 4.69) is 49.9 Å². The molecule has 0 atom stereocenters. The minimum atomic E-state index is 0.570. The number of anilines is 1. The Balaban J connectivity index is 1.41. The van der Waals surface area contributed by atoms with Gasteiger partial charge in [0.15, 0.2) is 5.65 Å². The molecule has 0 spiro atoms. The van der Waals surface area contributed by atoms with Crippen molar-refractivity contribution < 1.29 is 4.74 Å². The quantitative estimate of drug-likeness (QED) is 0.410. The van der Waals surface area contributed by atoms with Gasteiger partial charge in [-0.3, -0.25) is 4.98 Å². The number of hydrogen-bond donors (Lipinski definition) is 1. The Kier molecular flexibility index (Phi) is 5.20. The maximum Gasteiger partial charge on any atom is 0.179 e. The summed E-state index contributed by atoms with van der Waals surface area (Å²) in [5.41, 5.74) is 5.31. The number of aromatic nitrogens is 6. The van der Waals surface area contributed by atoms with Crippen LogP contribution in [0.4, 0.5) is 5.82 Å². The van der Waals surface area contributed by atoms with Crippen molar-refractivity contribution in [2.75, 3.05) is 25.6 Å². The first kappa shape index (κ1) is 19.1. The van der Waals surface area contributed by atoms with Gasteiger partial charge >= 0.3 is 0 Å². The molecule has 0 amide bonds. The summed E-state index contributed by atoms with van der Waals surface area (Å²) >= 11 is 0. The number of fused-ring (bicyclic) bond motifs is 2. The second-order valence-corrected chi connectivity index (χ2v) is 7.17. The second kappa shape index (κ2) is 8.45. The topological polar surface area (TPSA) is 90.6 Å². The number of benzene rings is 1. The SMILES string of the molecule is COCCNc1ccc(-c2ccc3nnn(Cc4ccc5cccnc5c4)c3n2)cn1. The highest BCUT2D eigenvalue weighted by atomic mass is 16.5. The van der Waals surface area contributed by atoms with E-state index in [0.717, 1.165) is 44.7 Å². The molecule has 0 aliphatic rings. The van der Waals surface area contributed by atoms with Crippen LogP contribution in [0.3, 0.4) is 0 Å². The van der Waals surface area contributed by atoms with Crippen LogP contribution in [0.1, 0.15) is 5.56 Å². The summed E-state index contributed by atoms with van der Waals surface area (Å²) in [6.45, 7) is 1.91. The first-order valence-electron chi connectivity index (χ1n) is 10.0. The Bertz CT molecular complexity index is 1330. The third kappa shape index (κ3) is 4.06. The van der Waals surface area contributed by atoms with Gasteiger partial charge in [0.05, 0.1) is 24.4 Å². The molecule has 8 heteroatoms. The standard InChI is InChI=1S/C23H21N7O/c1-31-12-11-25-22-9-6-18(14-26-22)19-7-8-20-23(27-19)30(29-28-20)15-16-4-5-17-3-2-10-24-21(17)13-16/h2-10,13-14H,11-12,15H2,1H3,(H,25,26). The van der Waals surface area contributed by atoms with E-state index in [1.54, 1.807) is 13.3 Å². The van der Waals surface area contributed by atoms with E-state index in [9.17, 15) is 0 Å². The van der Waals surface area contributed by atoms with Crippen LogP contribution in [0.5, 0.6) is 0 Å². The molecule has 4 heterocycles. The number of nitrogens with zero attached hydrogens (tertiary/aromatic N) is 6. The second-order valence-electron chi connectivity index (χ2n) is 7.17. The molecule has 0 fully saturated rings. The molecule has 0 saturated carbocycles. The number of nitrogens with one attached hydrogen (secondary N) is 1. The first-order valence-corrected chi connectivity index (χ1v) is 10.0. The van der Waals surface area contributed by atoms with Crippen LogP contribution in [0.15, 0.2) is 67.0 Å². The van der Waals surface area contributed by atoms with E-state index in [-0.39, 0.29) is 0 Å². The smallest absolute Gasteiger partial charge is 0.179 e. The lowest BCUT2D eigenvalue weighted by Gasteiger charge is -2.07. The van der Waals surface area contributed by atoms with E-state index >= 15 is 0 Å². The van der Waals surface area contributed by atoms with Gasteiger partial charge in [0.1, 0.15) is 11.3 Å². The van der Waals surface area contributed by atoms with Crippen LogP contribution in [-0.2, 0) is 11.3 Å². The fourth-order valence-corrected chi connectivity index (χ4v) is 3.44. The van der Waals surface area contributed by atoms with E-state index in [1.165, 1.54) is 0 Å². The lowest BCUT2D eigenvalue weighted by atomic mass is 10.1. The number of pyridine rings is 3. The summed E-state index contributed by atoms with van der Waals surface area (Å²) in [6.07, 6.45) is 3.61. The van der Waals surface area contributed by atoms with Crippen molar-refractivity contribution in [2.24, 2.45) is 0 Å². The van der Waals surface area contributed by atoms with Crippen molar-refractivity contribution in [3.63, 3.8) is 0 Å². The Labute approximate surface area is 178 Å². The molecule has 0 unspecified atom stereocenters. The van der Waals surface area contributed by atoms with Crippen LogP contribution < -0.4 is 5.32 Å². The number of ether oxygens (including phenoxy) is 1. The van der Waals surface area contributed by atoms with E-state index in [1.807, 2.05) is 41.2 Å². The largest absolute Gasteiger partial charge is 0.383 e. The molecule has 0 saturated heterocycles. The molecular formula is C23H21N7O. The fourth-order valence-electron chi connectivity index (χ4n) is 3.44. The van der Waals surface area contributed by atoms with Crippen molar-refractivity contribution in [3.05, 3.63) is 72.6 Å². The molecule has 154 valence electrons. The zero-order valence-corrected chi connectivity index (χ0v) is 17.1. The third-order valence-corrected chi connectivity index (χ3v) is 5.03. The maximum atomic E-state index is 5.05. The summed E-state index contributed by atoms with van der Waals surface area (Å²) in [5.74, 6) is 0.804. The molecule has 5 rings (SSSR count). The van der Waals surface area contributed by atoms with E-state index in [0.29, 0.717) is 19.7 Å². The molecule has 31 heavy (non-hydrogen) atoms. The highest BCUT2D eigenvalue weighted by Gasteiger charge is 2.10. The molecule has 0 radical (unpaired) electrons. The molecule has 0 aliphatic heterocycles. The van der Waals surface area contributed by atoms with Crippen LogP contribution in [0.25, 0.3) is 33.3 Å². The van der Waals surface area contributed by atoms with Gasteiger partial charge in [-0.25, -0.2) is 14.6 Å². The summed E-state index contributed by atoms with van der Waals surface area (Å²) in [7, 11) is 1.68. The molecule has 1 aromatic carbocycles. The minimum Gasteiger partial charge on any atom is -0.383 e. The summed E-state index contributed by atoms with van der Waals surface area (Å²) < 4.78 is 6.86. The van der Waals surface area contributed by atoms with Gasteiger partial charge in [0.25, 0.3) is 0 Å². The Morgan fingerprint density at radius 3 is 2.84 bits per heavy atom. The Morgan fingerprint density at radius 2 is 1.97 bits per heavy atom. The van der Waals surface area contributed by atoms with Gasteiger partial charge in [-0.1, -0.05) is 23.4 Å². The van der Waals surface area contributed by atoms with E-state index in [4.69, 9.17) is 9.72 Å². The van der Waals surface area contributed by atoms with Crippen LogP contribution >= 0.6 is 0 Å². The zero-order valence-electron chi connectivity index (χ0n) is 17.1. The van der Waals surface area contributed by atoms with Crippen molar-refractivity contribution in [1.29, 1.82) is 0 Å². The molecule has 4 aromatic heterocycles. The minimum absolute atomic E-state index is 0.570. The van der Waals surface area contributed by atoms with Gasteiger partial charge in [0.2, 0.25) is 0 Å². The van der Waals surface area contributed by atoms with Crippen LogP contribution in [0, 0.1) is 0 Å². The number of methoxy groups -OCH3 is 1. The zero-order chi connectivity index (χ0) is 21.0. The predicted octanol–water partition coefficient (Wildman–Crippen LogP) is 3.54. The normalized spacial score (nSPS) is 11.3. The summed E-state index contributed by atoms with van der Waals surface area (Å²) in [5, 5.41) is 12.9. The molecular weight excluding hydrogens is 390 g/mol. The molecule has 1 N–H and O–H groups in total. The van der Waals surface area contributed by atoms with Crippen LogP contribution in [-0.4, -0.2) is 50.2 Å². The van der Waals surface area contributed by atoms with E-state index < -0.39 is 0 Å². The molecule has 0 bridgehead atoms. The monoisotopic (exact) mass is 411 g/mol. The predicted molar refractivity (Wildman–Crippen MR) is 120 cm³/mol. The first-order chi connectivity index (χ1) is 15.3. The summed E-state index contributed by atoms with van der Waals surface area (Å²) in [4.78, 5) is 13.7. The Hall–Kier alpha value is -3.91. The van der Waals surface area contributed by atoms with Gasteiger partial charge in [-0.2, -0.15) is 0 Å². The van der Waals surface area contributed by atoms with Crippen molar-refractivity contribution in [3.8, 4) is 11.3 Å².